The molecule has 0 aliphatic heterocycles. The first-order valence-corrected chi connectivity index (χ1v) is 5.28. The van der Waals surface area contributed by atoms with Gasteiger partial charge in [-0.3, -0.25) is 0 Å². The lowest BCUT2D eigenvalue weighted by Gasteiger charge is -1.88. The van der Waals surface area contributed by atoms with Crippen LogP contribution < -0.4 is 0 Å². The molecule has 0 unspecified atom stereocenters. The minimum Gasteiger partial charge on any atom is -0.323 e. The number of thiazole rings is 1. The summed E-state index contributed by atoms with van der Waals surface area (Å²) < 4.78 is 2.11. The molecule has 3 heteroatoms. The van der Waals surface area contributed by atoms with E-state index in [4.69, 9.17) is 0 Å². The van der Waals surface area contributed by atoms with Crippen LogP contribution in [0, 0.1) is 0 Å². The summed E-state index contributed by atoms with van der Waals surface area (Å²) >= 11 is 1.67. The minimum atomic E-state index is 1.08. The molecule has 0 aromatic carbocycles. The van der Waals surface area contributed by atoms with Crippen molar-refractivity contribution in [3.63, 3.8) is 0 Å². The Morgan fingerprint density at radius 2 is 2.29 bits per heavy atom. The molecule has 68 valence electrons. The average molecular weight is 200 g/mol. The zero-order valence-corrected chi connectivity index (χ0v) is 8.24. The fourth-order valence-corrected chi connectivity index (χ4v) is 2.16. The van der Waals surface area contributed by atoms with Gasteiger partial charge in [0.1, 0.15) is 5.01 Å². The lowest BCUT2D eigenvalue weighted by atomic mass is 10.3. The summed E-state index contributed by atoms with van der Waals surface area (Å²) in [6.45, 7) is 0. The van der Waals surface area contributed by atoms with Crippen LogP contribution in [-0.2, 0) is 0 Å². The molecule has 3 aromatic heterocycles. The second-order valence-electron chi connectivity index (χ2n) is 3.10. The van der Waals surface area contributed by atoms with Gasteiger partial charge in [0.05, 0.1) is 0 Å². The third kappa shape index (κ3) is 1.14. The van der Waals surface area contributed by atoms with Gasteiger partial charge in [0, 0.05) is 35.1 Å². The molecule has 0 bridgehead atoms. The molecule has 2 nitrogen and oxygen atoms in total. The summed E-state index contributed by atoms with van der Waals surface area (Å²) in [6, 6.07) is 8.32. The molecule has 0 saturated heterocycles. The largest absolute Gasteiger partial charge is 0.323 e. The standard InChI is InChI=1S/C11H8N2S/c1-2-5-13-8-9(7-10(13)3-1)11-12-4-6-14-11/h1-8H. The van der Waals surface area contributed by atoms with E-state index in [1.54, 1.807) is 11.3 Å². The summed E-state index contributed by atoms with van der Waals surface area (Å²) in [4.78, 5) is 4.29. The molecule has 3 heterocycles. The number of nitrogens with zero attached hydrogens (tertiary/aromatic N) is 2. The zero-order valence-electron chi connectivity index (χ0n) is 7.42. The van der Waals surface area contributed by atoms with Crippen LogP contribution in [-0.4, -0.2) is 9.38 Å². The van der Waals surface area contributed by atoms with Gasteiger partial charge in [0.25, 0.3) is 0 Å². The predicted octanol–water partition coefficient (Wildman–Crippen LogP) is 3.06. The molecule has 3 rings (SSSR count). The molecule has 0 aliphatic rings. The Morgan fingerprint density at radius 1 is 1.29 bits per heavy atom. The summed E-state index contributed by atoms with van der Waals surface area (Å²) in [6.07, 6.45) is 5.99. The van der Waals surface area contributed by atoms with E-state index < -0.39 is 0 Å². The van der Waals surface area contributed by atoms with Crippen molar-refractivity contribution >= 4 is 16.9 Å². The fourth-order valence-electron chi connectivity index (χ4n) is 1.54. The van der Waals surface area contributed by atoms with Gasteiger partial charge in [-0.15, -0.1) is 11.3 Å². The quantitative estimate of drug-likeness (QED) is 0.590. The van der Waals surface area contributed by atoms with Gasteiger partial charge in [-0.25, -0.2) is 4.98 Å². The maximum Gasteiger partial charge on any atom is 0.124 e. The number of aromatic nitrogens is 2. The Labute approximate surface area is 85.5 Å². The normalized spacial score (nSPS) is 10.9. The van der Waals surface area contributed by atoms with Gasteiger partial charge < -0.3 is 4.40 Å². The van der Waals surface area contributed by atoms with E-state index in [2.05, 4.69) is 27.7 Å². The van der Waals surface area contributed by atoms with Crippen molar-refractivity contribution in [1.29, 1.82) is 0 Å². The van der Waals surface area contributed by atoms with Crippen molar-refractivity contribution in [2.45, 2.75) is 0 Å². The van der Waals surface area contributed by atoms with Gasteiger partial charge in [-0.2, -0.15) is 0 Å². The smallest absolute Gasteiger partial charge is 0.124 e. The minimum absolute atomic E-state index is 1.08. The van der Waals surface area contributed by atoms with E-state index in [0.717, 1.165) is 5.01 Å². The van der Waals surface area contributed by atoms with E-state index >= 15 is 0 Å². The van der Waals surface area contributed by atoms with Crippen LogP contribution in [0.25, 0.3) is 16.1 Å². The van der Waals surface area contributed by atoms with Crippen LogP contribution in [0.5, 0.6) is 0 Å². The number of hydrogen-bond donors (Lipinski definition) is 0. The van der Waals surface area contributed by atoms with Gasteiger partial charge in [0.2, 0.25) is 0 Å². The van der Waals surface area contributed by atoms with Crippen LogP contribution in [0.4, 0.5) is 0 Å². The molecule has 0 aliphatic carbocycles. The van der Waals surface area contributed by atoms with Crippen LogP contribution in [0.15, 0.2) is 48.2 Å². The van der Waals surface area contributed by atoms with Crippen LogP contribution >= 0.6 is 11.3 Å². The number of rotatable bonds is 1. The highest BCUT2D eigenvalue weighted by Gasteiger charge is 2.02. The zero-order chi connectivity index (χ0) is 9.38. The van der Waals surface area contributed by atoms with Gasteiger partial charge in [-0.1, -0.05) is 6.07 Å². The fraction of sp³-hybridized carbons (Fsp3) is 0. The molecule has 0 spiro atoms. The SMILES string of the molecule is c1ccn2cc(-c3nccs3)cc2c1. The summed E-state index contributed by atoms with van der Waals surface area (Å²) in [5, 5.41) is 3.08. The Bertz CT molecular complexity index is 518. The van der Waals surface area contributed by atoms with E-state index in [9.17, 15) is 0 Å². The maximum atomic E-state index is 4.29. The molecule has 0 fully saturated rings. The van der Waals surface area contributed by atoms with Crippen LogP contribution in [0.1, 0.15) is 0 Å². The van der Waals surface area contributed by atoms with Crippen molar-refractivity contribution in [1.82, 2.24) is 9.38 Å². The van der Waals surface area contributed by atoms with Crippen LogP contribution in [0.3, 0.4) is 0 Å². The highest BCUT2D eigenvalue weighted by molar-refractivity contribution is 7.13. The molecule has 0 N–H and O–H groups in total. The lowest BCUT2D eigenvalue weighted by Crippen LogP contribution is -1.76. The highest BCUT2D eigenvalue weighted by Crippen LogP contribution is 2.23. The Hall–Kier alpha value is -1.61. The van der Waals surface area contributed by atoms with E-state index in [-0.39, 0.29) is 0 Å². The van der Waals surface area contributed by atoms with Crippen molar-refractivity contribution < 1.29 is 0 Å². The molecule has 0 amide bonds. The summed E-state index contributed by atoms with van der Waals surface area (Å²) in [5.41, 5.74) is 2.39. The van der Waals surface area contributed by atoms with E-state index in [1.165, 1.54) is 11.1 Å². The average Bonchev–Trinajstić information content (AvgIpc) is 2.86. The Kier molecular flexibility index (Phi) is 1.64. The summed E-state index contributed by atoms with van der Waals surface area (Å²) in [5.74, 6) is 0. The van der Waals surface area contributed by atoms with E-state index in [1.807, 2.05) is 29.9 Å². The third-order valence-corrected chi connectivity index (χ3v) is 3.01. The van der Waals surface area contributed by atoms with Crippen LogP contribution in [0.2, 0.25) is 0 Å². The number of pyridine rings is 1. The van der Waals surface area contributed by atoms with Gasteiger partial charge in [0.15, 0.2) is 0 Å². The Balaban J connectivity index is 2.24. The van der Waals surface area contributed by atoms with Crippen molar-refractivity contribution in [2.24, 2.45) is 0 Å². The molecule has 0 saturated carbocycles. The number of hydrogen-bond acceptors (Lipinski definition) is 2. The predicted molar refractivity (Wildman–Crippen MR) is 58.5 cm³/mol. The molecular weight excluding hydrogens is 192 g/mol. The molecular formula is C11H8N2S. The second-order valence-corrected chi connectivity index (χ2v) is 3.99. The first-order chi connectivity index (χ1) is 6.93. The number of fused-ring (bicyclic) bond motifs is 1. The molecule has 0 radical (unpaired) electrons. The second kappa shape index (κ2) is 2.96. The van der Waals surface area contributed by atoms with Crippen molar-refractivity contribution in [3.8, 4) is 10.6 Å². The van der Waals surface area contributed by atoms with Crippen molar-refractivity contribution in [2.75, 3.05) is 0 Å². The molecule has 14 heavy (non-hydrogen) atoms. The third-order valence-electron chi connectivity index (χ3n) is 2.18. The monoisotopic (exact) mass is 200 g/mol. The topological polar surface area (TPSA) is 17.3 Å². The highest BCUT2D eigenvalue weighted by atomic mass is 32.1. The maximum absolute atomic E-state index is 4.29. The molecule has 0 atom stereocenters. The molecule has 3 aromatic rings. The first-order valence-electron chi connectivity index (χ1n) is 4.40. The lowest BCUT2D eigenvalue weighted by molar-refractivity contribution is 1.20. The Morgan fingerprint density at radius 3 is 3.07 bits per heavy atom. The summed E-state index contributed by atoms with van der Waals surface area (Å²) in [7, 11) is 0. The van der Waals surface area contributed by atoms with Gasteiger partial charge >= 0.3 is 0 Å². The van der Waals surface area contributed by atoms with Gasteiger partial charge in [-0.05, 0) is 18.2 Å². The van der Waals surface area contributed by atoms with Crippen molar-refractivity contribution in [3.05, 3.63) is 48.2 Å². The first kappa shape index (κ1) is 7.76. The van der Waals surface area contributed by atoms with E-state index in [0.29, 0.717) is 0 Å².